The molecule has 0 atom stereocenters. The number of aryl methyl sites for hydroxylation is 1. The maximum atomic E-state index is 6.77. The molecule has 0 amide bonds. The number of benzene rings is 1. The van der Waals surface area contributed by atoms with Crippen LogP contribution in [-0.2, 0) is 12.5 Å². The maximum absolute atomic E-state index is 6.77. The highest BCUT2D eigenvalue weighted by molar-refractivity contribution is 6.34. The molecule has 9 heteroatoms. The molecular formula is C24H28Cl2N6O. The summed E-state index contributed by atoms with van der Waals surface area (Å²) >= 11 is 13.2. The minimum atomic E-state index is -0.196. The number of imidazole rings is 1. The quantitative estimate of drug-likeness (QED) is 0.385. The molecule has 0 aliphatic heterocycles. The lowest BCUT2D eigenvalue weighted by molar-refractivity contribution is 0.256. The normalized spacial score (nSPS) is 12.2. The van der Waals surface area contributed by atoms with Gasteiger partial charge in [0.1, 0.15) is 17.8 Å². The number of H-pyrrole nitrogens is 1. The van der Waals surface area contributed by atoms with E-state index in [1.807, 2.05) is 51.5 Å². The van der Waals surface area contributed by atoms with Crippen LogP contribution in [0.25, 0.3) is 33.8 Å². The molecular weight excluding hydrogens is 459 g/mol. The van der Waals surface area contributed by atoms with Gasteiger partial charge in [-0.2, -0.15) is 5.10 Å². The van der Waals surface area contributed by atoms with Gasteiger partial charge in [-0.25, -0.2) is 9.97 Å². The number of rotatable bonds is 6. The second-order valence-electron chi connectivity index (χ2n) is 9.31. The molecule has 0 unspecified atom stereocenters. The summed E-state index contributed by atoms with van der Waals surface area (Å²) in [6, 6.07) is 9.50. The van der Waals surface area contributed by atoms with Gasteiger partial charge in [0.15, 0.2) is 5.82 Å². The molecule has 3 aromatic heterocycles. The van der Waals surface area contributed by atoms with Crippen LogP contribution in [0.4, 0.5) is 0 Å². The van der Waals surface area contributed by atoms with Crippen LogP contribution in [0.15, 0.2) is 30.3 Å². The average Bonchev–Trinajstić information content (AvgIpc) is 3.27. The van der Waals surface area contributed by atoms with E-state index in [0.717, 1.165) is 23.5 Å². The lowest BCUT2D eigenvalue weighted by atomic mass is 9.92. The molecule has 1 aromatic carbocycles. The fourth-order valence-corrected chi connectivity index (χ4v) is 4.33. The van der Waals surface area contributed by atoms with Crippen LogP contribution in [0.3, 0.4) is 0 Å². The number of likely N-dealkylation sites (N-methyl/N-ethyl adjacent to an activating group) is 1. The molecule has 0 aliphatic carbocycles. The number of pyridine rings is 1. The number of aromatic amines is 1. The van der Waals surface area contributed by atoms with Crippen LogP contribution in [0.5, 0.6) is 5.88 Å². The third-order valence-electron chi connectivity index (χ3n) is 5.29. The minimum absolute atomic E-state index is 0.196. The summed E-state index contributed by atoms with van der Waals surface area (Å²) in [4.78, 5) is 15.0. The SMILES string of the molecule is CN(C)CCOc1nc(-c2ccccc2Cl)cc2nc(-c3c(Cl)c(C(C)(C)C)nn3C)[nH]c12. The standard InChI is InChI=1S/C24H28Cl2N6O/c1-24(2,3)21-18(26)20(32(6)30-21)22-27-17-13-16(14-9-7-8-10-15(14)25)28-23(19(17)29-22)33-12-11-31(4)5/h7-10,13H,11-12H2,1-6H3,(H,27,29). The highest BCUT2D eigenvalue weighted by Gasteiger charge is 2.27. The van der Waals surface area contributed by atoms with Crippen molar-refractivity contribution < 1.29 is 4.74 Å². The molecule has 0 saturated heterocycles. The van der Waals surface area contributed by atoms with Crippen molar-refractivity contribution in [3.05, 3.63) is 46.1 Å². The number of ether oxygens (including phenoxy) is 1. The fraction of sp³-hybridized carbons (Fsp3) is 0.375. The number of hydrogen-bond donors (Lipinski definition) is 1. The van der Waals surface area contributed by atoms with E-state index in [-0.39, 0.29) is 5.41 Å². The molecule has 0 aliphatic rings. The van der Waals surface area contributed by atoms with Crippen molar-refractivity contribution >= 4 is 34.2 Å². The van der Waals surface area contributed by atoms with Crippen molar-refractivity contribution in [2.45, 2.75) is 26.2 Å². The van der Waals surface area contributed by atoms with Gasteiger partial charge in [-0.1, -0.05) is 62.2 Å². The topological polar surface area (TPSA) is 71.9 Å². The Morgan fingerprint density at radius 1 is 1.12 bits per heavy atom. The van der Waals surface area contributed by atoms with Gasteiger partial charge in [-0.15, -0.1) is 0 Å². The van der Waals surface area contributed by atoms with Crippen LogP contribution >= 0.6 is 23.2 Å². The Kier molecular flexibility index (Phi) is 6.40. The monoisotopic (exact) mass is 486 g/mol. The summed E-state index contributed by atoms with van der Waals surface area (Å²) in [6.07, 6.45) is 0. The Morgan fingerprint density at radius 3 is 2.48 bits per heavy atom. The second kappa shape index (κ2) is 8.97. The molecule has 0 fully saturated rings. The average molecular weight is 487 g/mol. The van der Waals surface area contributed by atoms with Crippen molar-refractivity contribution in [3.63, 3.8) is 0 Å². The predicted octanol–water partition coefficient (Wildman–Crippen LogP) is 5.57. The lowest BCUT2D eigenvalue weighted by Gasteiger charge is -2.15. The van der Waals surface area contributed by atoms with Crippen molar-refractivity contribution in [1.82, 2.24) is 29.6 Å². The Balaban J connectivity index is 1.87. The van der Waals surface area contributed by atoms with E-state index in [1.54, 1.807) is 4.68 Å². The van der Waals surface area contributed by atoms with E-state index < -0.39 is 0 Å². The van der Waals surface area contributed by atoms with Gasteiger partial charge in [0.2, 0.25) is 5.88 Å². The molecule has 33 heavy (non-hydrogen) atoms. The van der Waals surface area contributed by atoms with Gasteiger partial charge in [0, 0.05) is 29.6 Å². The lowest BCUT2D eigenvalue weighted by Crippen LogP contribution is -2.19. The Morgan fingerprint density at radius 2 is 1.85 bits per heavy atom. The molecule has 3 heterocycles. The van der Waals surface area contributed by atoms with E-state index in [9.17, 15) is 0 Å². The zero-order chi connectivity index (χ0) is 23.9. The molecule has 0 spiro atoms. The number of aromatic nitrogens is 5. The van der Waals surface area contributed by atoms with Crippen LogP contribution in [0, 0.1) is 0 Å². The Labute approximate surface area is 203 Å². The highest BCUT2D eigenvalue weighted by Crippen LogP contribution is 2.38. The number of halogens is 2. The first-order valence-electron chi connectivity index (χ1n) is 10.7. The molecule has 4 rings (SSSR count). The van der Waals surface area contributed by atoms with Crippen molar-refractivity contribution in [2.24, 2.45) is 7.05 Å². The van der Waals surface area contributed by atoms with Crippen LogP contribution < -0.4 is 4.74 Å². The third kappa shape index (κ3) is 4.71. The molecule has 0 saturated carbocycles. The highest BCUT2D eigenvalue weighted by atomic mass is 35.5. The van der Waals surface area contributed by atoms with Crippen LogP contribution in [0.2, 0.25) is 10.0 Å². The van der Waals surface area contributed by atoms with Crippen LogP contribution in [0.1, 0.15) is 26.5 Å². The van der Waals surface area contributed by atoms with E-state index in [1.165, 1.54) is 0 Å². The maximum Gasteiger partial charge on any atom is 0.240 e. The Hall–Kier alpha value is -2.61. The molecule has 4 aromatic rings. The van der Waals surface area contributed by atoms with Gasteiger partial charge in [-0.3, -0.25) is 4.68 Å². The van der Waals surface area contributed by atoms with E-state index >= 15 is 0 Å². The van der Waals surface area contributed by atoms with Gasteiger partial charge >= 0.3 is 0 Å². The summed E-state index contributed by atoms with van der Waals surface area (Å²) in [5.74, 6) is 1.08. The second-order valence-corrected chi connectivity index (χ2v) is 10.1. The van der Waals surface area contributed by atoms with Gasteiger partial charge in [0.05, 0.1) is 21.9 Å². The third-order valence-corrected chi connectivity index (χ3v) is 5.98. The summed E-state index contributed by atoms with van der Waals surface area (Å²) < 4.78 is 7.84. The molecule has 7 nitrogen and oxygen atoms in total. The Bertz CT molecular complexity index is 1300. The van der Waals surface area contributed by atoms with Crippen LogP contribution in [-0.4, -0.2) is 56.9 Å². The first kappa shape index (κ1) is 23.5. The molecule has 174 valence electrons. The number of hydrogen-bond acceptors (Lipinski definition) is 5. The van der Waals surface area contributed by atoms with Gasteiger partial charge in [-0.05, 0) is 26.2 Å². The first-order valence-corrected chi connectivity index (χ1v) is 11.5. The van der Waals surface area contributed by atoms with Crippen molar-refractivity contribution in [1.29, 1.82) is 0 Å². The number of fused-ring (bicyclic) bond motifs is 1. The molecule has 0 bridgehead atoms. The summed E-state index contributed by atoms with van der Waals surface area (Å²) in [5.41, 5.74) is 4.27. The fourth-order valence-electron chi connectivity index (χ4n) is 3.56. The first-order chi connectivity index (χ1) is 15.6. The number of nitrogens with one attached hydrogen (secondary N) is 1. The number of nitrogens with zero attached hydrogens (tertiary/aromatic N) is 5. The summed E-state index contributed by atoms with van der Waals surface area (Å²) in [6.45, 7) is 7.49. The van der Waals surface area contributed by atoms with E-state index in [2.05, 4.69) is 35.8 Å². The zero-order valence-electron chi connectivity index (χ0n) is 19.7. The van der Waals surface area contributed by atoms with Crippen molar-refractivity contribution in [2.75, 3.05) is 27.2 Å². The summed E-state index contributed by atoms with van der Waals surface area (Å²) in [5, 5.41) is 5.85. The van der Waals surface area contributed by atoms with Gasteiger partial charge < -0.3 is 14.6 Å². The largest absolute Gasteiger partial charge is 0.475 e. The minimum Gasteiger partial charge on any atom is -0.475 e. The molecule has 0 radical (unpaired) electrons. The van der Waals surface area contributed by atoms with Gasteiger partial charge in [0.25, 0.3) is 0 Å². The smallest absolute Gasteiger partial charge is 0.240 e. The zero-order valence-corrected chi connectivity index (χ0v) is 21.2. The van der Waals surface area contributed by atoms with Crippen molar-refractivity contribution in [3.8, 4) is 28.7 Å². The summed E-state index contributed by atoms with van der Waals surface area (Å²) in [7, 11) is 5.86. The predicted molar refractivity (Wildman–Crippen MR) is 134 cm³/mol. The van der Waals surface area contributed by atoms with E-state index in [4.69, 9.17) is 37.9 Å². The molecule has 1 N–H and O–H groups in total. The van der Waals surface area contributed by atoms with E-state index in [0.29, 0.717) is 45.1 Å².